The van der Waals surface area contributed by atoms with Gasteiger partial charge in [-0.25, -0.2) is 0 Å². The minimum Gasteiger partial charge on any atom is -0.497 e. The number of ether oxygens (including phenoxy) is 1. The molecule has 5 nitrogen and oxygen atoms in total. The van der Waals surface area contributed by atoms with Gasteiger partial charge in [-0.1, -0.05) is 37.3 Å². The Hall–Kier alpha value is -2.82. The number of anilines is 1. The van der Waals surface area contributed by atoms with Crippen LogP contribution in [-0.4, -0.2) is 30.6 Å². The Morgan fingerprint density at radius 3 is 2.52 bits per heavy atom. The molecule has 2 atom stereocenters. The summed E-state index contributed by atoms with van der Waals surface area (Å²) in [5.74, 6) is -1.07. The number of carbonyl (C=O) groups is 2. The number of carboxylic acids is 1. The summed E-state index contributed by atoms with van der Waals surface area (Å²) in [7, 11) is 1.62. The molecule has 0 spiro atoms. The number of hydrogen-bond donors (Lipinski definition) is 1. The van der Waals surface area contributed by atoms with E-state index < -0.39 is 11.9 Å². The Balaban J connectivity index is 1.77. The molecule has 1 N–H and O–H groups in total. The number of para-hydroxylation sites is 1. The van der Waals surface area contributed by atoms with Gasteiger partial charge in [0.25, 0.3) is 0 Å². The molecule has 2 aromatic carbocycles. The van der Waals surface area contributed by atoms with Crippen LogP contribution in [0.25, 0.3) is 0 Å². The fourth-order valence-corrected chi connectivity index (χ4v) is 3.30. The number of rotatable bonds is 5. The zero-order valence-corrected chi connectivity index (χ0v) is 14.3. The summed E-state index contributed by atoms with van der Waals surface area (Å²) in [6.07, 6.45) is 0.596. The van der Waals surface area contributed by atoms with Crippen molar-refractivity contribution < 1.29 is 19.4 Å². The van der Waals surface area contributed by atoms with Crippen molar-refractivity contribution in [2.45, 2.75) is 19.3 Å². The van der Waals surface area contributed by atoms with Gasteiger partial charge in [-0.2, -0.15) is 0 Å². The second-order valence-corrected chi connectivity index (χ2v) is 6.35. The third-order valence-corrected chi connectivity index (χ3v) is 4.65. The maximum Gasteiger partial charge on any atom is 0.312 e. The molecule has 1 heterocycles. The van der Waals surface area contributed by atoms with Gasteiger partial charge in [0.15, 0.2) is 0 Å². The molecule has 0 aliphatic carbocycles. The zero-order chi connectivity index (χ0) is 18.0. The lowest BCUT2D eigenvalue weighted by Crippen LogP contribution is -2.36. The molecule has 2 unspecified atom stereocenters. The molecule has 25 heavy (non-hydrogen) atoms. The Bertz CT molecular complexity index is 785. The predicted octanol–water partition coefficient (Wildman–Crippen LogP) is 3.09. The number of fused-ring (bicyclic) bond motifs is 1. The molecule has 3 rings (SSSR count). The molecule has 0 radical (unpaired) electrons. The van der Waals surface area contributed by atoms with Crippen molar-refractivity contribution in [3.05, 3.63) is 59.7 Å². The summed E-state index contributed by atoms with van der Waals surface area (Å²) in [5, 5.41) is 9.43. The Morgan fingerprint density at radius 1 is 1.20 bits per heavy atom. The van der Waals surface area contributed by atoms with Gasteiger partial charge in [0.1, 0.15) is 11.7 Å². The molecule has 1 aliphatic rings. The summed E-state index contributed by atoms with van der Waals surface area (Å²) in [4.78, 5) is 26.0. The molecule has 0 fully saturated rings. The van der Waals surface area contributed by atoms with Crippen molar-refractivity contribution in [3.63, 3.8) is 0 Å². The molecule has 0 aromatic heterocycles. The molecule has 1 aliphatic heterocycles. The van der Waals surface area contributed by atoms with Gasteiger partial charge in [0.05, 0.1) is 7.11 Å². The van der Waals surface area contributed by atoms with Gasteiger partial charge in [-0.15, -0.1) is 0 Å². The van der Waals surface area contributed by atoms with Crippen molar-refractivity contribution in [1.82, 2.24) is 0 Å². The summed E-state index contributed by atoms with van der Waals surface area (Å²) in [5.41, 5.74) is 2.46. The van der Waals surface area contributed by atoms with Crippen molar-refractivity contribution >= 4 is 17.6 Å². The topological polar surface area (TPSA) is 66.8 Å². The SMILES string of the molecule is COc1ccc(CC(C)C(=O)N2CC(C(=O)O)c3ccccc32)cc1. The van der Waals surface area contributed by atoms with Gasteiger partial charge in [0, 0.05) is 18.2 Å². The quantitative estimate of drug-likeness (QED) is 0.909. The lowest BCUT2D eigenvalue weighted by atomic mass is 9.99. The molecule has 0 bridgehead atoms. The lowest BCUT2D eigenvalue weighted by molar-refractivity contribution is -0.138. The second kappa shape index (κ2) is 6.97. The predicted molar refractivity (Wildman–Crippen MR) is 95.0 cm³/mol. The third-order valence-electron chi connectivity index (χ3n) is 4.65. The van der Waals surface area contributed by atoms with Gasteiger partial charge in [-0.05, 0) is 35.7 Å². The molecule has 1 amide bonds. The van der Waals surface area contributed by atoms with Crippen molar-refractivity contribution in [2.24, 2.45) is 5.92 Å². The van der Waals surface area contributed by atoms with E-state index in [-0.39, 0.29) is 18.4 Å². The van der Waals surface area contributed by atoms with Crippen LogP contribution in [0.15, 0.2) is 48.5 Å². The monoisotopic (exact) mass is 339 g/mol. The Morgan fingerprint density at radius 2 is 1.88 bits per heavy atom. The van der Waals surface area contributed by atoms with Gasteiger partial charge in [0.2, 0.25) is 5.91 Å². The zero-order valence-electron chi connectivity index (χ0n) is 14.3. The van der Waals surface area contributed by atoms with Crippen LogP contribution in [0, 0.1) is 5.92 Å². The van der Waals surface area contributed by atoms with Crippen molar-refractivity contribution in [3.8, 4) is 5.75 Å². The van der Waals surface area contributed by atoms with Crippen LogP contribution in [0.5, 0.6) is 5.75 Å². The number of carboxylic acid groups (broad SMARTS) is 1. The van der Waals surface area contributed by atoms with Gasteiger partial charge in [-0.3, -0.25) is 9.59 Å². The fraction of sp³-hybridized carbons (Fsp3) is 0.300. The molecule has 0 saturated heterocycles. The van der Waals surface area contributed by atoms with Crippen LogP contribution < -0.4 is 9.64 Å². The molecule has 130 valence electrons. The minimum atomic E-state index is -0.898. The van der Waals surface area contributed by atoms with E-state index in [4.69, 9.17) is 4.74 Å². The standard InChI is InChI=1S/C20H21NO4/c1-13(11-14-7-9-15(25-2)10-8-14)19(22)21-12-17(20(23)24)16-5-3-4-6-18(16)21/h3-10,13,17H,11-12H2,1-2H3,(H,23,24). The number of aliphatic carboxylic acids is 1. The van der Waals surface area contributed by atoms with Crippen LogP contribution >= 0.6 is 0 Å². The molecule has 5 heteroatoms. The minimum absolute atomic E-state index is 0.0491. The number of amides is 1. The highest BCUT2D eigenvalue weighted by molar-refractivity contribution is 6.00. The van der Waals surface area contributed by atoms with E-state index in [1.54, 1.807) is 18.1 Å². The number of methoxy groups -OCH3 is 1. The molecule has 0 saturated carbocycles. The van der Waals surface area contributed by atoms with Crippen LogP contribution in [0.1, 0.15) is 24.0 Å². The van der Waals surface area contributed by atoms with E-state index in [1.165, 1.54) is 0 Å². The first-order valence-corrected chi connectivity index (χ1v) is 8.27. The highest BCUT2D eigenvalue weighted by Gasteiger charge is 2.37. The van der Waals surface area contributed by atoms with Gasteiger partial charge >= 0.3 is 5.97 Å². The van der Waals surface area contributed by atoms with E-state index in [2.05, 4.69) is 0 Å². The normalized spacial score (nSPS) is 17.0. The summed E-state index contributed by atoms with van der Waals surface area (Å²) in [6, 6.07) is 14.9. The van der Waals surface area contributed by atoms with Gasteiger partial charge < -0.3 is 14.7 Å². The summed E-state index contributed by atoms with van der Waals surface area (Å²) < 4.78 is 5.15. The van der Waals surface area contributed by atoms with Crippen molar-refractivity contribution in [2.75, 3.05) is 18.6 Å². The van der Waals surface area contributed by atoms with E-state index in [0.29, 0.717) is 17.7 Å². The number of nitrogens with zero attached hydrogens (tertiary/aromatic N) is 1. The Labute approximate surface area is 146 Å². The Kier molecular flexibility index (Phi) is 4.74. The van der Waals surface area contributed by atoms with Crippen molar-refractivity contribution in [1.29, 1.82) is 0 Å². The van der Waals surface area contributed by atoms with Crippen LogP contribution in [0.2, 0.25) is 0 Å². The summed E-state index contributed by atoms with van der Waals surface area (Å²) >= 11 is 0. The van der Waals surface area contributed by atoms with E-state index in [1.807, 2.05) is 49.4 Å². The van der Waals surface area contributed by atoms with Crippen LogP contribution in [0.3, 0.4) is 0 Å². The number of benzene rings is 2. The largest absolute Gasteiger partial charge is 0.497 e. The second-order valence-electron chi connectivity index (χ2n) is 6.35. The molecular weight excluding hydrogens is 318 g/mol. The average Bonchev–Trinajstić information content (AvgIpc) is 3.01. The third kappa shape index (κ3) is 3.36. The van der Waals surface area contributed by atoms with E-state index in [9.17, 15) is 14.7 Å². The fourth-order valence-electron chi connectivity index (χ4n) is 3.30. The number of carbonyl (C=O) groups excluding carboxylic acids is 1. The highest BCUT2D eigenvalue weighted by Crippen LogP contribution is 2.37. The smallest absolute Gasteiger partial charge is 0.312 e. The molecular formula is C20H21NO4. The van der Waals surface area contributed by atoms with Crippen LogP contribution in [0.4, 0.5) is 5.69 Å². The highest BCUT2D eigenvalue weighted by atomic mass is 16.5. The first kappa shape index (κ1) is 17.0. The maximum atomic E-state index is 12.9. The van der Waals surface area contributed by atoms with E-state index in [0.717, 1.165) is 11.3 Å². The lowest BCUT2D eigenvalue weighted by Gasteiger charge is -2.22. The first-order chi connectivity index (χ1) is 12.0. The first-order valence-electron chi connectivity index (χ1n) is 8.27. The number of hydrogen-bond acceptors (Lipinski definition) is 3. The average molecular weight is 339 g/mol. The van der Waals surface area contributed by atoms with E-state index >= 15 is 0 Å². The molecule has 2 aromatic rings. The maximum absolute atomic E-state index is 12.9. The summed E-state index contributed by atoms with van der Waals surface area (Å²) in [6.45, 7) is 2.07. The van der Waals surface area contributed by atoms with Crippen LogP contribution in [-0.2, 0) is 16.0 Å².